The highest BCUT2D eigenvalue weighted by molar-refractivity contribution is 7.89. The number of hydrogen-bond donors (Lipinski definition) is 2. The highest BCUT2D eigenvalue weighted by atomic mass is 32.2. The number of sulfonamides is 1. The van der Waals surface area contributed by atoms with E-state index in [0.717, 1.165) is 38.5 Å². The Hall–Kier alpha value is -0.850. The number of nitrogens with one attached hydrogen (secondary N) is 1. The maximum Gasteiger partial charge on any atom is 0.242 e. The molecule has 0 bridgehead atoms. The quantitative estimate of drug-likeness (QED) is 0.872. The van der Waals surface area contributed by atoms with Crippen molar-refractivity contribution in [1.29, 1.82) is 0 Å². The first-order valence-electron chi connectivity index (χ1n) is 7.29. The molecule has 0 amide bonds. The lowest BCUT2D eigenvalue weighted by atomic mass is 10.0. The van der Waals surface area contributed by atoms with Gasteiger partial charge in [-0.2, -0.15) is 0 Å². The van der Waals surface area contributed by atoms with E-state index in [2.05, 4.69) is 4.72 Å². The maximum absolute atomic E-state index is 12.5. The van der Waals surface area contributed by atoms with Gasteiger partial charge in [-0.05, 0) is 38.7 Å². The van der Waals surface area contributed by atoms with Gasteiger partial charge >= 0.3 is 0 Å². The molecule has 20 heavy (non-hydrogen) atoms. The fourth-order valence-corrected chi connectivity index (χ4v) is 4.62. The summed E-state index contributed by atoms with van der Waals surface area (Å²) < 4.78 is 29.8. The van der Waals surface area contributed by atoms with Crippen molar-refractivity contribution < 1.29 is 13.5 Å². The molecule has 5 nitrogen and oxygen atoms in total. The van der Waals surface area contributed by atoms with Crippen molar-refractivity contribution >= 4 is 10.0 Å². The lowest BCUT2D eigenvalue weighted by Crippen LogP contribution is -2.43. The first kappa shape index (κ1) is 14.1. The number of hydrogen-bond acceptors (Lipinski definition) is 3. The fraction of sp³-hybridized carbons (Fsp3) is 0.714. The predicted octanol–water partition coefficient (Wildman–Crippen LogP) is 1.93. The number of aromatic nitrogens is 1. The summed E-state index contributed by atoms with van der Waals surface area (Å²) in [5, 5.41) is 9.37. The molecule has 0 aromatic carbocycles. The molecule has 1 heterocycles. The largest absolute Gasteiger partial charge is 0.390 e. The van der Waals surface area contributed by atoms with Crippen LogP contribution < -0.4 is 4.72 Å². The van der Waals surface area contributed by atoms with Crippen LogP contribution in [0.5, 0.6) is 0 Å². The molecule has 2 N–H and O–H groups in total. The molecule has 2 fully saturated rings. The third kappa shape index (κ3) is 2.64. The first-order valence-corrected chi connectivity index (χ1v) is 8.77. The minimum Gasteiger partial charge on any atom is -0.390 e. The van der Waals surface area contributed by atoms with Gasteiger partial charge in [-0.15, -0.1) is 0 Å². The lowest BCUT2D eigenvalue weighted by Gasteiger charge is -2.24. The van der Waals surface area contributed by atoms with E-state index in [0.29, 0.717) is 11.7 Å². The zero-order valence-corrected chi connectivity index (χ0v) is 12.6. The van der Waals surface area contributed by atoms with Gasteiger partial charge in [0.15, 0.2) is 0 Å². The number of aliphatic hydroxyl groups excluding tert-OH is 1. The molecule has 112 valence electrons. The highest BCUT2D eigenvalue weighted by Gasteiger charge is 2.35. The van der Waals surface area contributed by atoms with Crippen molar-refractivity contribution in [3.63, 3.8) is 0 Å². The third-order valence-electron chi connectivity index (χ3n) is 4.41. The Balaban J connectivity index is 1.87. The van der Waals surface area contributed by atoms with Gasteiger partial charge in [-0.1, -0.05) is 12.8 Å². The van der Waals surface area contributed by atoms with E-state index in [9.17, 15) is 13.5 Å². The minimum atomic E-state index is -3.50. The number of aliphatic hydroxyl groups is 1. The van der Waals surface area contributed by atoms with Crippen LogP contribution in [0, 0.1) is 0 Å². The molecule has 0 spiro atoms. The summed E-state index contributed by atoms with van der Waals surface area (Å²) in [5.41, 5.74) is 0.365. The van der Waals surface area contributed by atoms with Crippen molar-refractivity contribution in [1.82, 2.24) is 9.29 Å². The number of rotatable bonds is 5. The second kappa shape index (κ2) is 4.86. The Bertz CT molecular complexity index is 596. The smallest absolute Gasteiger partial charge is 0.242 e. The van der Waals surface area contributed by atoms with Crippen molar-refractivity contribution in [3.05, 3.63) is 18.0 Å². The molecule has 0 unspecified atom stereocenters. The van der Waals surface area contributed by atoms with E-state index in [-0.39, 0.29) is 17.0 Å². The molecule has 0 saturated heterocycles. The van der Waals surface area contributed by atoms with E-state index in [4.69, 9.17) is 0 Å². The molecule has 3 rings (SSSR count). The van der Waals surface area contributed by atoms with E-state index in [1.54, 1.807) is 12.3 Å². The molecular formula is C14H22N2O3S. The maximum atomic E-state index is 12.5. The predicted molar refractivity (Wildman–Crippen MR) is 75.8 cm³/mol. The second-order valence-corrected chi connectivity index (χ2v) is 8.02. The molecule has 0 aliphatic heterocycles. The van der Waals surface area contributed by atoms with Gasteiger partial charge in [0, 0.05) is 23.5 Å². The summed E-state index contributed by atoms with van der Waals surface area (Å²) in [6, 6.07) is 1.96. The Kier molecular flexibility index (Phi) is 3.43. The van der Waals surface area contributed by atoms with Crippen LogP contribution in [0.25, 0.3) is 0 Å². The third-order valence-corrected chi connectivity index (χ3v) is 6.01. The number of nitrogens with zero attached hydrogens (tertiary/aromatic N) is 1. The van der Waals surface area contributed by atoms with Gasteiger partial charge in [-0.3, -0.25) is 0 Å². The Labute approximate surface area is 120 Å². The van der Waals surface area contributed by atoms with Crippen molar-refractivity contribution in [2.45, 2.75) is 68.5 Å². The van der Waals surface area contributed by atoms with Crippen LogP contribution >= 0.6 is 0 Å². The van der Waals surface area contributed by atoms with Crippen LogP contribution in [0.3, 0.4) is 0 Å². The normalized spacial score (nSPS) is 22.3. The van der Waals surface area contributed by atoms with Crippen molar-refractivity contribution in [2.75, 3.05) is 0 Å². The van der Waals surface area contributed by atoms with Gasteiger partial charge in [0.2, 0.25) is 10.0 Å². The summed E-state index contributed by atoms with van der Waals surface area (Å²) in [7, 11) is -3.50. The Morgan fingerprint density at radius 3 is 2.60 bits per heavy atom. The SMILES string of the molecule is CC1(NS(=O)(=O)c2cc(CO)n(C3CC3)c2)CCCC1. The average molecular weight is 298 g/mol. The van der Waals surface area contributed by atoms with Crippen molar-refractivity contribution in [3.8, 4) is 0 Å². The van der Waals surface area contributed by atoms with Crippen LogP contribution in [-0.2, 0) is 16.6 Å². The molecule has 6 heteroatoms. The van der Waals surface area contributed by atoms with Crippen molar-refractivity contribution in [2.24, 2.45) is 0 Å². The topological polar surface area (TPSA) is 71.3 Å². The average Bonchev–Trinajstić information content (AvgIpc) is 2.98. The summed E-state index contributed by atoms with van der Waals surface area (Å²) in [5.74, 6) is 0. The second-order valence-electron chi connectivity index (χ2n) is 6.34. The van der Waals surface area contributed by atoms with Crippen LogP contribution in [0.4, 0.5) is 0 Å². The summed E-state index contributed by atoms with van der Waals surface area (Å²) in [4.78, 5) is 0.279. The van der Waals surface area contributed by atoms with Gasteiger partial charge in [0.05, 0.1) is 6.61 Å². The zero-order valence-electron chi connectivity index (χ0n) is 11.8. The summed E-state index contributed by atoms with van der Waals surface area (Å²) in [6.07, 6.45) is 7.72. The van der Waals surface area contributed by atoms with E-state index < -0.39 is 10.0 Å². The molecule has 0 atom stereocenters. The Morgan fingerprint density at radius 1 is 1.40 bits per heavy atom. The molecule has 2 aliphatic rings. The lowest BCUT2D eigenvalue weighted by molar-refractivity contribution is 0.270. The van der Waals surface area contributed by atoms with E-state index in [1.807, 2.05) is 11.5 Å². The van der Waals surface area contributed by atoms with Crippen LogP contribution in [0.2, 0.25) is 0 Å². The monoisotopic (exact) mass is 298 g/mol. The molecular weight excluding hydrogens is 276 g/mol. The minimum absolute atomic E-state index is 0.122. The van der Waals surface area contributed by atoms with Gasteiger partial charge < -0.3 is 9.67 Å². The molecule has 1 aromatic rings. The zero-order chi connectivity index (χ0) is 14.4. The standard InChI is InChI=1S/C14H22N2O3S/c1-14(6-2-3-7-14)15-20(18,19)13-8-12(10-17)16(9-13)11-4-5-11/h8-9,11,15,17H,2-7,10H2,1H3. The van der Waals surface area contributed by atoms with Crippen LogP contribution in [0.1, 0.15) is 57.2 Å². The Morgan fingerprint density at radius 2 is 2.05 bits per heavy atom. The highest BCUT2D eigenvalue weighted by Crippen LogP contribution is 2.38. The molecule has 2 aliphatic carbocycles. The molecule has 2 saturated carbocycles. The van der Waals surface area contributed by atoms with Crippen LogP contribution in [-0.4, -0.2) is 23.6 Å². The van der Waals surface area contributed by atoms with Gasteiger partial charge in [0.25, 0.3) is 0 Å². The van der Waals surface area contributed by atoms with Crippen LogP contribution in [0.15, 0.2) is 17.2 Å². The summed E-state index contributed by atoms with van der Waals surface area (Å²) >= 11 is 0. The van der Waals surface area contributed by atoms with Gasteiger partial charge in [-0.25, -0.2) is 13.1 Å². The molecule has 1 aromatic heterocycles. The molecule has 0 radical (unpaired) electrons. The van der Waals surface area contributed by atoms with E-state index in [1.165, 1.54) is 0 Å². The summed E-state index contributed by atoms with van der Waals surface area (Å²) in [6.45, 7) is 1.85. The van der Waals surface area contributed by atoms with E-state index >= 15 is 0 Å². The fourth-order valence-electron chi connectivity index (χ4n) is 3.10. The first-order chi connectivity index (χ1) is 9.43. The van der Waals surface area contributed by atoms with Gasteiger partial charge in [0.1, 0.15) is 4.90 Å².